The predicted molar refractivity (Wildman–Crippen MR) is 95.7 cm³/mol. The van der Waals surface area contributed by atoms with E-state index in [4.69, 9.17) is 0 Å². The zero-order chi connectivity index (χ0) is 17.0. The first-order chi connectivity index (χ1) is 10.9. The number of carbonyl (C=O) groups is 1. The second kappa shape index (κ2) is 8.06. The third-order valence-electron chi connectivity index (χ3n) is 4.30. The molecule has 1 aromatic rings. The van der Waals surface area contributed by atoms with Crippen LogP contribution < -0.4 is 5.32 Å². The lowest BCUT2D eigenvalue weighted by molar-refractivity contribution is 0.191. The maximum atomic E-state index is 12.5. The lowest BCUT2D eigenvalue weighted by atomic mass is 10.1. The van der Waals surface area contributed by atoms with Gasteiger partial charge in [0.1, 0.15) is 0 Å². The summed E-state index contributed by atoms with van der Waals surface area (Å²) in [6, 6.07) is 0.180. The second-order valence-electron chi connectivity index (χ2n) is 6.71. The van der Waals surface area contributed by atoms with Crippen LogP contribution in [0.5, 0.6) is 0 Å². The number of hydrogen-bond donors (Lipinski definition) is 1. The van der Waals surface area contributed by atoms with Gasteiger partial charge in [-0.25, -0.2) is 4.79 Å². The van der Waals surface area contributed by atoms with Gasteiger partial charge in [0.25, 0.3) is 0 Å². The molecule has 2 rings (SSSR count). The van der Waals surface area contributed by atoms with Crippen LogP contribution in [0.1, 0.15) is 25.5 Å². The number of rotatable bonds is 5. The normalized spacial score (nSPS) is 20.1. The molecule has 0 spiro atoms. The lowest BCUT2D eigenvalue weighted by Crippen LogP contribution is -2.49. The van der Waals surface area contributed by atoms with Gasteiger partial charge in [-0.15, -0.1) is 0 Å². The predicted octanol–water partition coefficient (Wildman–Crippen LogP) is 1.81. The molecule has 2 heterocycles. The molecule has 0 bridgehead atoms. The number of aromatic nitrogens is 2. The van der Waals surface area contributed by atoms with E-state index in [1.165, 1.54) is 0 Å². The molecule has 1 aliphatic heterocycles. The highest BCUT2D eigenvalue weighted by Gasteiger charge is 2.26. The van der Waals surface area contributed by atoms with Gasteiger partial charge in [0, 0.05) is 49.4 Å². The van der Waals surface area contributed by atoms with Crippen LogP contribution in [-0.2, 0) is 7.05 Å². The van der Waals surface area contributed by atoms with Gasteiger partial charge < -0.3 is 15.1 Å². The molecule has 1 fully saturated rings. The van der Waals surface area contributed by atoms with E-state index in [0.29, 0.717) is 17.7 Å². The summed E-state index contributed by atoms with van der Waals surface area (Å²) in [5.74, 6) is 1.62. The van der Waals surface area contributed by atoms with Crippen molar-refractivity contribution in [2.75, 3.05) is 39.5 Å². The van der Waals surface area contributed by atoms with Gasteiger partial charge in [0.2, 0.25) is 0 Å². The van der Waals surface area contributed by atoms with Crippen LogP contribution in [0, 0.1) is 5.92 Å². The van der Waals surface area contributed by atoms with Gasteiger partial charge in [-0.05, 0) is 20.0 Å². The first-order valence-corrected chi connectivity index (χ1v) is 9.22. The van der Waals surface area contributed by atoms with Crippen LogP contribution in [-0.4, -0.2) is 70.3 Å². The first kappa shape index (κ1) is 18.1. The number of urea groups is 1. The number of thioether (sulfide) groups is 1. The van der Waals surface area contributed by atoms with Crippen molar-refractivity contribution >= 4 is 17.8 Å². The fraction of sp³-hybridized carbons (Fsp3) is 0.750. The number of carbonyl (C=O) groups excluding carboxylic acids is 1. The van der Waals surface area contributed by atoms with Gasteiger partial charge in [-0.2, -0.15) is 16.9 Å². The molecule has 2 amide bonds. The molecule has 2 atom stereocenters. The Hall–Kier alpha value is -1.21. The van der Waals surface area contributed by atoms with Crippen molar-refractivity contribution in [2.45, 2.75) is 25.1 Å². The summed E-state index contributed by atoms with van der Waals surface area (Å²) >= 11 is 1.98. The quantitative estimate of drug-likeness (QED) is 0.889. The average molecular weight is 340 g/mol. The molecule has 7 heteroatoms. The van der Waals surface area contributed by atoms with Gasteiger partial charge in [0.15, 0.2) is 0 Å². The Morgan fingerprint density at radius 3 is 2.83 bits per heavy atom. The summed E-state index contributed by atoms with van der Waals surface area (Å²) in [5.41, 5.74) is 1.12. The standard InChI is InChI=1S/C16H29N5OS/c1-12(2)15-11-21(6-7-23-15)16(22)17-9-14(19(3)4)13-8-18-20(5)10-13/h8,10,12,14-15H,6-7,9,11H2,1-5H3,(H,17,22)/t14-,15-/m1/s1. The van der Waals surface area contributed by atoms with E-state index in [9.17, 15) is 4.79 Å². The van der Waals surface area contributed by atoms with Crippen LogP contribution in [0.2, 0.25) is 0 Å². The Morgan fingerprint density at radius 1 is 1.52 bits per heavy atom. The smallest absolute Gasteiger partial charge is 0.317 e. The van der Waals surface area contributed by atoms with Crippen molar-refractivity contribution in [3.05, 3.63) is 18.0 Å². The second-order valence-corrected chi connectivity index (χ2v) is 8.06. The Balaban J connectivity index is 1.91. The number of aryl methyl sites for hydroxylation is 1. The topological polar surface area (TPSA) is 53.4 Å². The largest absolute Gasteiger partial charge is 0.336 e. The molecule has 0 radical (unpaired) electrons. The Kier molecular flexibility index (Phi) is 6.35. The fourth-order valence-electron chi connectivity index (χ4n) is 2.77. The number of hydrogen-bond acceptors (Lipinski definition) is 4. The molecule has 0 aliphatic carbocycles. The molecule has 130 valence electrons. The Bertz CT molecular complexity index is 516. The van der Waals surface area contributed by atoms with Gasteiger partial charge in [0.05, 0.1) is 12.2 Å². The summed E-state index contributed by atoms with van der Waals surface area (Å²) in [4.78, 5) is 16.6. The zero-order valence-corrected chi connectivity index (χ0v) is 15.6. The minimum atomic E-state index is 0.0479. The van der Waals surface area contributed by atoms with E-state index in [1.807, 2.05) is 50.2 Å². The lowest BCUT2D eigenvalue weighted by Gasteiger charge is -2.35. The highest BCUT2D eigenvalue weighted by Crippen LogP contribution is 2.25. The van der Waals surface area contributed by atoms with Crippen LogP contribution in [0.4, 0.5) is 4.79 Å². The molecule has 1 N–H and O–H groups in total. The summed E-state index contributed by atoms with van der Waals surface area (Å²) in [6.07, 6.45) is 3.87. The maximum absolute atomic E-state index is 12.5. The summed E-state index contributed by atoms with van der Waals surface area (Å²) in [6.45, 7) is 6.72. The van der Waals surface area contributed by atoms with Gasteiger partial charge in [-0.1, -0.05) is 13.8 Å². The highest BCUT2D eigenvalue weighted by molar-refractivity contribution is 8.00. The van der Waals surface area contributed by atoms with Crippen molar-refractivity contribution in [2.24, 2.45) is 13.0 Å². The molecular weight excluding hydrogens is 310 g/mol. The Labute approximate surface area is 143 Å². The van der Waals surface area contributed by atoms with Crippen molar-refractivity contribution in [3.8, 4) is 0 Å². The third kappa shape index (κ3) is 4.88. The molecule has 1 aromatic heterocycles. The van der Waals surface area contributed by atoms with Crippen molar-refractivity contribution < 1.29 is 4.79 Å². The number of nitrogens with zero attached hydrogens (tertiary/aromatic N) is 4. The highest BCUT2D eigenvalue weighted by atomic mass is 32.2. The van der Waals surface area contributed by atoms with Crippen molar-refractivity contribution in [3.63, 3.8) is 0 Å². The van der Waals surface area contributed by atoms with E-state index in [-0.39, 0.29) is 12.1 Å². The van der Waals surface area contributed by atoms with E-state index in [0.717, 1.165) is 24.4 Å². The van der Waals surface area contributed by atoms with Crippen LogP contribution in [0.15, 0.2) is 12.4 Å². The van der Waals surface area contributed by atoms with Gasteiger partial charge in [-0.3, -0.25) is 4.68 Å². The number of likely N-dealkylation sites (N-methyl/N-ethyl adjacent to an activating group) is 1. The third-order valence-corrected chi connectivity index (χ3v) is 5.84. The monoisotopic (exact) mass is 339 g/mol. The van der Waals surface area contributed by atoms with Crippen molar-refractivity contribution in [1.82, 2.24) is 24.9 Å². The Morgan fingerprint density at radius 2 is 2.26 bits per heavy atom. The average Bonchev–Trinajstić information content (AvgIpc) is 2.93. The van der Waals surface area contributed by atoms with Crippen LogP contribution in [0.3, 0.4) is 0 Å². The molecule has 1 aliphatic rings. The van der Waals surface area contributed by atoms with E-state index in [1.54, 1.807) is 4.68 Å². The molecule has 0 aromatic carbocycles. The summed E-state index contributed by atoms with van der Waals surface area (Å²) in [7, 11) is 5.96. The number of nitrogens with one attached hydrogen (secondary N) is 1. The molecule has 23 heavy (non-hydrogen) atoms. The minimum Gasteiger partial charge on any atom is -0.336 e. The SMILES string of the molecule is CC(C)[C@H]1CN(C(=O)NC[C@H](c2cnn(C)c2)N(C)C)CCS1. The zero-order valence-electron chi connectivity index (χ0n) is 14.8. The maximum Gasteiger partial charge on any atom is 0.317 e. The van der Waals surface area contributed by atoms with E-state index >= 15 is 0 Å². The molecule has 6 nitrogen and oxygen atoms in total. The summed E-state index contributed by atoms with van der Waals surface area (Å²) < 4.78 is 1.79. The molecular formula is C16H29N5OS. The minimum absolute atomic E-state index is 0.0479. The molecule has 1 saturated heterocycles. The fourth-order valence-corrected chi connectivity index (χ4v) is 4.07. The number of amides is 2. The molecule has 0 unspecified atom stereocenters. The summed E-state index contributed by atoms with van der Waals surface area (Å²) in [5, 5.41) is 7.87. The van der Waals surface area contributed by atoms with Crippen LogP contribution >= 0.6 is 11.8 Å². The van der Waals surface area contributed by atoms with E-state index in [2.05, 4.69) is 29.2 Å². The van der Waals surface area contributed by atoms with Crippen LogP contribution in [0.25, 0.3) is 0 Å². The first-order valence-electron chi connectivity index (χ1n) is 8.17. The van der Waals surface area contributed by atoms with E-state index < -0.39 is 0 Å². The molecule has 0 saturated carbocycles. The van der Waals surface area contributed by atoms with Crippen molar-refractivity contribution in [1.29, 1.82) is 0 Å². The van der Waals surface area contributed by atoms with Gasteiger partial charge >= 0.3 is 6.03 Å².